The zero-order chi connectivity index (χ0) is 40.2. The third-order valence-electron chi connectivity index (χ3n) is 9.49. The van der Waals surface area contributed by atoms with Gasteiger partial charge in [-0.3, -0.25) is 9.59 Å². The molecule has 4 heterocycles. The van der Waals surface area contributed by atoms with Crippen LogP contribution in [0.1, 0.15) is 99.6 Å². The Morgan fingerprint density at radius 3 is 1.39 bits per heavy atom. The first-order valence-electron chi connectivity index (χ1n) is 18.5. The van der Waals surface area contributed by atoms with E-state index in [9.17, 15) is 19.2 Å². The molecule has 1 aromatic carbocycles. The van der Waals surface area contributed by atoms with Crippen molar-refractivity contribution in [1.29, 1.82) is 0 Å². The summed E-state index contributed by atoms with van der Waals surface area (Å²) in [5, 5.41) is 5.31. The normalized spacial score (nSPS) is 16.9. The van der Waals surface area contributed by atoms with Crippen LogP contribution in [0.15, 0.2) is 36.7 Å². The number of amides is 4. The Kier molecular flexibility index (Phi) is 13.8. The van der Waals surface area contributed by atoms with Gasteiger partial charge in [-0.1, -0.05) is 39.5 Å². The number of benzene rings is 1. The first-order valence-corrected chi connectivity index (χ1v) is 18.5. The van der Waals surface area contributed by atoms with E-state index in [4.69, 9.17) is 9.47 Å². The number of aromatic nitrogens is 4. The quantitative estimate of drug-likeness (QED) is 0.249. The first-order chi connectivity index (χ1) is 27.0. The van der Waals surface area contributed by atoms with Crippen LogP contribution in [0.4, 0.5) is 9.59 Å². The molecule has 14 heteroatoms. The fourth-order valence-corrected chi connectivity index (χ4v) is 6.57. The van der Waals surface area contributed by atoms with E-state index in [0.29, 0.717) is 36.1 Å². The number of rotatable bonds is 8. The number of aromatic amines is 2. The minimum absolute atomic E-state index is 0.119. The molecule has 5 rings (SSSR count). The molecule has 4 unspecified atom stereocenters. The topological polar surface area (TPSA) is 175 Å². The van der Waals surface area contributed by atoms with Crippen LogP contribution in [0, 0.1) is 59.2 Å². The van der Waals surface area contributed by atoms with Gasteiger partial charge < -0.3 is 39.9 Å². The van der Waals surface area contributed by atoms with Crippen molar-refractivity contribution in [3.8, 4) is 47.4 Å². The maximum atomic E-state index is 13.4. The van der Waals surface area contributed by atoms with E-state index < -0.39 is 24.3 Å². The monoisotopic (exact) mass is 758 g/mol. The molecular weight excluding hydrogens is 713 g/mol. The number of likely N-dealkylation sites (tertiary alicyclic amines) is 2. The smallest absolute Gasteiger partial charge is 0.407 e. The highest BCUT2D eigenvalue weighted by Gasteiger charge is 2.38. The summed E-state index contributed by atoms with van der Waals surface area (Å²) in [5.74, 6) is 24.1. The summed E-state index contributed by atoms with van der Waals surface area (Å²) in [7, 11) is 2.54. The van der Waals surface area contributed by atoms with Gasteiger partial charge in [0.05, 0.1) is 38.7 Å². The molecule has 4 atom stereocenters. The van der Waals surface area contributed by atoms with E-state index in [0.717, 1.165) is 36.8 Å². The Morgan fingerprint density at radius 1 is 0.661 bits per heavy atom. The summed E-state index contributed by atoms with van der Waals surface area (Å²) < 4.78 is 9.42. The average Bonchev–Trinajstić information content (AvgIpc) is 4.03. The second-order valence-corrected chi connectivity index (χ2v) is 14.0. The third kappa shape index (κ3) is 10.3. The number of hydrogen-bond acceptors (Lipinski definition) is 8. The zero-order valence-corrected chi connectivity index (χ0v) is 32.4. The number of H-pyrrole nitrogens is 2. The van der Waals surface area contributed by atoms with Gasteiger partial charge in [-0.05, 0) is 97.3 Å². The van der Waals surface area contributed by atoms with Gasteiger partial charge in [0.15, 0.2) is 0 Å². The molecule has 2 aliphatic heterocycles. The van der Waals surface area contributed by atoms with Crippen molar-refractivity contribution >= 4 is 24.0 Å². The number of carbonyl (C=O) groups is 4. The molecule has 56 heavy (non-hydrogen) atoms. The summed E-state index contributed by atoms with van der Waals surface area (Å²) >= 11 is 0. The molecule has 2 fully saturated rings. The predicted molar refractivity (Wildman–Crippen MR) is 207 cm³/mol. The zero-order valence-electron chi connectivity index (χ0n) is 32.4. The van der Waals surface area contributed by atoms with Gasteiger partial charge in [0.1, 0.15) is 35.1 Å². The van der Waals surface area contributed by atoms with Crippen molar-refractivity contribution < 1.29 is 28.7 Å². The summed E-state index contributed by atoms with van der Waals surface area (Å²) in [4.78, 5) is 69.3. The van der Waals surface area contributed by atoms with Crippen LogP contribution < -0.4 is 10.6 Å². The van der Waals surface area contributed by atoms with Gasteiger partial charge in [-0.2, -0.15) is 0 Å². The molecule has 2 aromatic heterocycles. The Morgan fingerprint density at radius 2 is 1.04 bits per heavy atom. The van der Waals surface area contributed by atoms with Crippen LogP contribution in [0.25, 0.3) is 0 Å². The molecule has 4 N–H and O–H groups in total. The van der Waals surface area contributed by atoms with Crippen LogP contribution in [0.3, 0.4) is 0 Å². The van der Waals surface area contributed by atoms with E-state index in [1.54, 1.807) is 22.2 Å². The lowest BCUT2D eigenvalue weighted by Gasteiger charge is -2.29. The maximum Gasteiger partial charge on any atom is 0.407 e. The number of alkyl carbamates (subject to hydrolysis) is 2. The van der Waals surface area contributed by atoms with E-state index in [1.807, 2.05) is 52.0 Å². The van der Waals surface area contributed by atoms with Gasteiger partial charge >= 0.3 is 12.2 Å². The number of methoxy groups -OCH3 is 2. The summed E-state index contributed by atoms with van der Waals surface area (Å²) in [5.41, 5.74) is 2.71. The van der Waals surface area contributed by atoms with Crippen LogP contribution in [0.5, 0.6) is 0 Å². The van der Waals surface area contributed by atoms with Crippen molar-refractivity contribution in [2.75, 3.05) is 27.3 Å². The number of imidazole rings is 2. The third-order valence-corrected chi connectivity index (χ3v) is 9.49. The molecule has 2 saturated heterocycles. The van der Waals surface area contributed by atoms with Crippen LogP contribution >= 0.6 is 0 Å². The molecule has 0 bridgehead atoms. The number of ether oxygens (including phenoxy) is 2. The van der Waals surface area contributed by atoms with Gasteiger partial charge in [-0.25, -0.2) is 19.6 Å². The summed E-state index contributed by atoms with van der Waals surface area (Å²) in [6, 6.07) is 5.51. The lowest BCUT2D eigenvalue weighted by molar-refractivity contribution is -0.136. The highest BCUT2D eigenvalue weighted by atomic mass is 16.5. The molecule has 0 spiro atoms. The van der Waals surface area contributed by atoms with E-state index in [1.165, 1.54) is 14.2 Å². The van der Waals surface area contributed by atoms with Crippen molar-refractivity contribution in [1.82, 2.24) is 40.4 Å². The minimum Gasteiger partial charge on any atom is -0.453 e. The Hall–Kier alpha value is -6.64. The van der Waals surface area contributed by atoms with E-state index >= 15 is 0 Å². The summed E-state index contributed by atoms with van der Waals surface area (Å²) in [6.07, 6.45) is 5.10. The second kappa shape index (κ2) is 19.1. The van der Waals surface area contributed by atoms with Crippen LogP contribution in [0.2, 0.25) is 0 Å². The molecular formula is C42H46N8O6. The van der Waals surface area contributed by atoms with Crippen LogP contribution in [-0.4, -0.2) is 93.1 Å². The molecule has 290 valence electrons. The minimum atomic E-state index is -0.705. The molecule has 0 radical (unpaired) electrons. The lowest BCUT2D eigenvalue weighted by Crippen LogP contribution is -2.51. The molecule has 14 nitrogen and oxygen atoms in total. The van der Waals surface area contributed by atoms with Crippen molar-refractivity contribution in [2.45, 2.75) is 77.5 Å². The highest BCUT2D eigenvalue weighted by molar-refractivity contribution is 5.87. The Bertz CT molecular complexity index is 2010. The number of carbonyl (C=O) groups excluding carboxylic acids is 4. The number of nitrogens with one attached hydrogen (secondary N) is 4. The first kappa shape index (κ1) is 40.5. The van der Waals surface area contributed by atoms with Crippen molar-refractivity contribution in [3.63, 3.8) is 0 Å². The molecule has 0 saturated carbocycles. The number of hydrogen-bond donors (Lipinski definition) is 4. The van der Waals surface area contributed by atoms with E-state index in [-0.39, 0.29) is 35.7 Å². The van der Waals surface area contributed by atoms with Gasteiger partial charge in [0.25, 0.3) is 0 Å². The molecule has 3 aromatic rings. The standard InChI is InChI=1S/C42H46N8O6/c1-27(2)35(47-41(53)55-5)39(51)49-23-11-17-33(49)37-43-25-31(45-37)15-9-7-13-29-19-21-30(22-20-29)14-8-10-16-32-26-44-38(46-32)34-18-12-24-50(34)40(52)36(28(3)4)48-42(54)56-6/h19-22,25-28,33-36H,11-12,17-18,23-24H2,1-6H3,(H,43,45)(H,44,46)(H,47,53)(H,48,54). The maximum absolute atomic E-state index is 13.4. The van der Waals surface area contributed by atoms with E-state index in [2.05, 4.69) is 77.9 Å². The SMILES string of the molecule is COC(=O)NC(C(=O)N1CCCC1c1ncc(C#CC#Cc2ccc(C#CC#Cc3cnc(C4CCCN4C(=O)C(NC(=O)OC)C(C)C)[nH]3)cc2)[nH]1)C(C)C. The molecule has 0 aliphatic carbocycles. The largest absolute Gasteiger partial charge is 0.453 e. The van der Waals surface area contributed by atoms with Gasteiger partial charge in [0.2, 0.25) is 11.8 Å². The van der Waals surface area contributed by atoms with Gasteiger partial charge in [0, 0.05) is 24.2 Å². The fraction of sp³-hybridized carbons (Fsp3) is 0.429. The average molecular weight is 759 g/mol. The molecule has 2 aliphatic rings. The van der Waals surface area contributed by atoms with Crippen molar-refractivity contribution in [2.24, 2.45) is 11.8 Å². The van der Waals surface area contributed by atoms with Gasteiger partial charge in [-0.15, -0.1) is 0 Å². The molecule has 4 amide bonds. The second-order valence-electron chi connectivity index (χ2n) is 14.0. The Labute approximate surface area is 327 Å². The number of nitrogens with zero attached hydrogens (tertiary/aromatic N) is 4. The van der Waals surface area contributed by atoms with Crippen molar-refractivity contribution in [3.05, 3.63) is 70.8 Å². The predicted octanol–water partition coefficient (Wildman–Crippen LogP) is 4.03. The Balaban J connectivity index is 1.15. The summed E-state index contributed by atoms with van der Waals surface area (Å²) in [6.45, 7) is 8.64. The van der Waals surface area contributed by atoms with Crippen LogP contribution in [-0.2, 0) is 19.1 Å². The lowest BCUT2D eigenvalue weighted by atomic mass is 10.0. The fourth-order valence-electron chi connectivity index (χ4n) is 6.57. The highest BCUT2D eigenvalue weighted by Crippen LogP contribution is 2.32.